The topological polar surface area (TPSA) is 85.5 Å². The van der Waals surface area contributed by atoms with Gasteiger partial charge in [0.05, 0.1) is 22.4 Å². The zero-order valence-corrected chi connectivity index (χ0v) is 19.6. The van der Waals surface area contributed by atoms with Crippen LogP contribution >= 0.6 is 0 Å². The highest BCUT2D eigenvalue weighted by Gasteiger charge is 2.18. The number of aromatic amines is 2. The van der Waals surface area contributed by atoms with Gasteiger partial charge in [-0.2, -0.15) is 5.10 Å². The van der Waals surface area contributed by atoms with Gasteiger partial charge in [0.1, 0.15) is 11.5 Å². The van der Waals surface area contributed by atoms with Crippen LogP contribution < -0.4 is 10.2 Å². The van der Waals surface area contributed by atoms with Crippen LogP contribution in [0.25, 0.3) is 44.3 Å². The van der Waals surface area contributed by atoms with Crippen molar-refractivity contribution in [1.82, 2.24) is 25.1 Å². The fourth-order valence-corrected chi connectivity index (χ4v) is 4.93. The lowest BCUT2D eigenvalue weighted by Gasteiger charge is -2.28. The summed E-state index contributed by atoms with van der Waals surface area (Å²) in [5.74, 6) is 1.07. The first-order valence-electron chi connectivity index (χ1n) is 12.1. The van der Waals surface area contributed by atoms with Crippen molar-refractivity contribution >= 4 is 33.3 Å². The molecule has 0 atom stereocenters. The molecular formula is C27H29N7. The molecule has 1 fully saturated rings. The first-order valence-corrected chi connectivity index (χ1v) is 12.1. The third-order valence-corrected chi connectivity index (χ3v) is 6.53. The van der Waals surface area contributed by atoms with Crippen LogP contribution in [0.4, 0.5) is 11.5 Å². The monoisotopic (exact) mass is 451 g/mol. The van der Waals surface area contributed by atoms with Crippen LogP contribution in [0.3, 0.4) is 0 Å². The number of fused-ring (bicyclic) bond motifs is 2. The summed E-state index contributed by atoms with van der Waals surface area (Å²) in [6.45, 7) is 6.40. The highest BCUT2D eigenvalue weighted by Crippen LogP contribution is 2.34. The van der Waals surface area contributed by atoms with Crippen molar-refractivity contribution in [2.45, 2.75) is 39.2 Å². The summed E-state index contributed by atoms with van der Waals surface area (Å²) >= 11 is 0. The molecule has 34 heavy (non-hydrogen) atoms. The Morgan fingerprint density at radius 1 is 0.912 bits per heavy atom. The number of piperidine rings is 1. The molecule has 0 bridgehead atoms. The smallest absolute Gasteiger partial charge is 0.137 e. The van der Waals surface area contributed by atoms with Gasteiger partial charge in [-0.05, 0) is 69.0 Å². The van der Waals surface area contributed by atoms with E-state index in [0.717, 1.165) is 68.9 Å². The number of anilines is 2. The Bertz CT molecular complexity index is 1460. The van der Waals surface area contributed by atoms with Crippen LogP contribution in [-0.4, -0.2) is 44.3 Å². The molecule has 6 rings (SSSR count). The van der Waals surface area contributed by atoms with Crippen molar-refractivity contribution in [2.24, 2.45) is 0 Å². The van der Waals surface area contributed by atoms with E-state index in [-0.39, 0.29) is 0 Å². The van der Waals surface area contributed by atoms with E-state index < -0.39 is 0 Å². The fourth-order valence-electron chi connectivity index (χ4n) is 4.93. The highest BCUT2D eigenvalue weighted by atomic mass is 15.2. The normalized spacial score (nSPS) is 14.4. The summed E-state index contributed by atoms with van der Waals surface area (Å²) in [5.41, 5.74) is 7.23. The maximum absolute atomic E-state index is 4.73. The number of benzene rings is 1. The van der Waals surface area contributed by atoms with Gasteiger partial charge < -0.3 is 15.2 Å². The second-order valence-corrected chi connectivity index (χ2v) is 9.42. The highest BCUT2D eigenvalue weighted by molar-refractivity contribution is 6.00. The Morgan fingerprint density at radius 3 is 2.65 bits per heavy atom. The molecule has 172 valence electrons. The van der Waals surface area contributed by atoms with Gasteiger partial charge in [0, 0.05) is 54.1 Å². The molecule has 5 aromatic rings. The molecule has 0 radical (unpaired) electrons. The fraction of sp³-hybridized carbons (Fsp3) is 0.296. The third-order valence-electron chi connectivity index (χ3n) is 6.53. The molecule has 0 spiro atoms. The number of nitrogens with zero attached hydrogens (tertiary/aromatic N) is 4. The van der Waals surface area contributed by atoms with Gasteiger partial charge in [0.2, 0.25) is 0 Å². The van der Waals surface area contributed by atoms with Gasteiger partial charge in [-0.3, -0.25) is 10.1 Å². The largest absolute Gasteiger partial charge is 0.382 e. The van der Waals surface area contributed by atoms with Crippen LogP contribution in [-0.2, 0) is 0 Å². The minimum absolute atomic E-state index is 0.353. The lowest BCUT2D eigenvalue weighted by Crippen LogP contribution is -2.30. The second kappa shape index (κ2) is 8.48. The minimum atomic E-state index is 0.353. The van der Waals surface area contributed by atoms with Crippen molar-refractivity contribution in [3.63, 3.8) is 0 Å². The molecule has 3 N–H and O–H groups in total. The number of H-pyrrole nitrogens is 2. The standard InChI is InChI=1S/C27H29N7/c1-17(2)30-20-12-19(15-28-16-20)18-6-7-24-21(13-18)26(33-32-24)25-14-22-23(31-25)8-9-29-27(22)34-10-4-3-5-11-34/h6-9,12-17,30-31H,3-5,10-11H2,1-2H3,(H,32,33). The molecule has 0 saturated carbocycles. The summed E-state index contributed by atoms with van der Waals surface area (Å²) < 4.78 is 0. The maximum Gasteiger partial charge on any atom is 0.137 e. The van der Waals surface area contributed by atoms with Crippen LogP contribution in [0.5, 0.6) is 0 Å². The van der Waals surface area contributed by atoms with Crippen LogP contribution in [0.1, 0.15) is 33.1 Å². The van der Waals surface area contributed by atoms with E-state index in [1.54, 1.807) is 0 Å². The Hall–Kier alpha value is -3.87. The van der Waals surface area contributed by atoms with E-state index >= 15 is 0 Å². The Labute approximate surface area is 198 Å². The SMILES string of the molecule is CC(C)Nc1cncc(-c2ccc3[nH]nc(-c4cc5c(N6CCCCC6)nccc5[nH]4)c3c2)c1. The molecule has 0 amide bonds. The Kier molecular flexibility index (Phi) is 5.17. The minimum Gasteiger partial charge on any atom is -0.382 e. The van der Waals surface area contributed by atoms with Crippen LogP contribution in [0.2, 0.25) is 0 Å². The van der Waals surface area contributed by atoms with E-state index in [1.165, 1.54) is 19.3 Å². The Balaban J connectivity index is 1.41. The number of hydrogen-bond donors (Lipinski definition) is 3. The van der Waals surface area contributed by atoms with Gasteiger partial charge in [-0.25, -0.2) is 4.98 Å². The van der Waals surface area contributed by atoms with Crippen molar-refractivity contribution < 1.29 is 0 Å². The average Bonchev–Trinajstić information content (AvgIpc) is 3.48. The zero-order chi connectivity index (χ0) is 23.1. The van der Waals surface area contributed by atoms with Crippen LogP contribution in [0.15, 0.2) is 55.0 Å². The van der Waals surface area contributed by atoms with Gasteiger partial charge in [-0.15, -0.1) is 0 Å². The first-order chi connectivity index (χ1) is 16.7. The summed E-state index contributed by atoms with van der Waals surface area (Å²) in [4.78, 5) is 15.2. The Morgan fingerprint density at radius 2 is 1.79 bits per heavy atom. The molecule has 7 nitrogen and oxygen atoms in total. The summed E-state index contributed by atoms with van der Waals surface area (Å²) in [7, 11) is 0. The molecular weight excluding hydrogens is 422 g/mol. The summed E-state index contributed by atoms with van der Waals surface area (Å²) in [6, 6.07) is 13.1. The lowest BCUT2D eigenvalue weighted by molar-refractivity contribution is 0.575. The predicted molar refractivity (Wildman–Crippen MR) is 139 cm³/mol. The number of rotatable bonds is 5. The number of aromatic nitrogens is 5. The molecule has 1 saturated heterocycles. The number of pyridine rings is 2. The second-order valence-electron chi connectivity index (χ2n) is 9.42. The van der Waals surface area contributed by atoms with E-state index in [2.05, 4.69) is 74.6 Å². The summed E-state index contributed by atoms with van der Waals surface area (Å²) in [6.07, 6.45) is 9.43. The first kappa shape index (κ1) is 20.7. The molecule has 4 aromatic heterocycles. The number of nitrogens with one attached hydrogen (secondary N) is 3. The zero-order valence-electron chi connectivity index (χ0n) is 19.6. The summed E-state index contributed by atoms with van der Waals surface area (Å²) in [5, 5.41) is 13.6. The van der Waals surface area contributed by atoms with Gasteiger partial charge in [0.15, 0.2) is 0 Å². The van der Waals surface area contributed by atoms with Crippen molar-refractivity contribution in [3.8, 4) is 22.5 Å². The van der Waals surface area contributed by atoms with E-state index in [1.807, 2.05) is 24.7 Å². The predicted octanol–water partition coefficient (Wildman–Crippen LogP) is 5.98. The quantitative estimate of drug-likeness (QED) is 0.306. The molecule has 7 heteroatoms. The van der Waals surface area contributed by atoms with E-state index in [4.69, 9.17) is 4.98 Å². The van der Waals surface area contributed by atoms with Gasteiger partial charge >= 0.3 is 0 Å². The molecule has 0 unspecified atom stereocenters. The van der Waals surface area contributed by atoms with Crippen molar-refractivity contribution in [1.29, 1.82) is 0 Å². The van der Waals surface area contributed by atoms with Gasteiger partial charge in [0.25, 0.3) is 0 Å². The average molecular weight is 452 g/mol. The number of hydrogen-bond acceptors (Lipinski definition) is 5. The lowest BCUT2D eigenvalue weighted by atomic mass is 10.0. The van der Waals surface area contributed by atoms with Gasteiger partial charge in [-0.1, -0.05) is 6.07 Å². The maximum atomic E-state index is 4.73. The van der Waals surface area contributed by atoms with E-state index in [0.29, 0.717) is 6.04 Å². The molecule has 0 aliphatic carbocycles. The van der Waals surface area contributed by atoms with Crippen molar-refractivity contribution in [2.75, 3.05) is 23.3 Å². The third kappa shape index (κ3) is 3.77. The molecule has 1 aliphatic heterocycles. The van der Waals surface area contributed by atoms with Crippen molar-refractivity contribution in [3.05, 3.63) is 55.0 Å². The van der Waals surface area contributed by atoms with E-state index in [9.17, 15) is 0 Å². The molecule has 1 aliphatic rings. The van der Waals surface area contributed by atoms with Crippen LogP contribution in [0, 0.1) is 0 Å². The molecule has 1 aromatic carbocycles. The molecule has 5 heterocycles.